The van der Waals surface area contributed by atoms with Gasteiger partial charge in [-0.15, -0.1) is 0 Å². The Kier molecular flexibility index (Phi) is 4.12. The number of ether oxygens (including phenoxy) is 1. The van der Waals surface area contributed by atoms with Gasteiger partial charge >= 0.3 is 0 Å². The Morgan fingerprint density at radius 1 is 1.37 bits per heavy atom. The minimum absolute atomic E-state index is 0.119. The second-order valence-corrected chi connectivity index (χ2v) is 3.93. The topological polar surface area (TPSA) is 69.0 Å². The van der Waals surface area contributed by atoms with Gasteiger partial charge in [-0.3, -0.25) is 4.79 Å². The number of hydrogen-bond acceptors (Lipinski definition) is 5. The van der Waals surface area contributed by atoms with E-state index in [4.69, 9.17) is 4.74 Å². The summed E-state index contributed by atoms with van der Waals surface area (Å²) in [6.45, 7) is 3.03. The van der Waals surface area contributed by atoms with Crippen molar-refractivity contribution < 1.29 is 4.74 Å². The lowest BCUT2D eigenvalue weighted by Crippen LogP contribution is -2.23. The van der Waals surface area contributed by atoms with Crippen molar-refractivity contribution in [3.63, 3.8) is 0 Å². The average Bonchev–Trinajstić information content (AvgIpc) is 2.46. The van der Waals surface area contributed by atoms with Gasteiger partial charge < -0.3 is 14.6 Å². The lowest BCUT2D eigenvalue weighted by molar-refractivity contribution is 0.397. The maximum absolute atomic E-state index is 11.9. The van der Waals surface area contributed by atoms with E-state index >= 15 is 0 Å². The number of aromatic nitrogens is 3. The summed E-state index contributed by atoms with van der Waals surface area (Å²) >= 11 is 0. The van der Waals surface area contributed by atoms with Crippen LogP contribution in [0.1, 0.15) is 12.5 Å². The van der Waals surface area contributed by atoms with Crippen LogP contribution in [-0.2, 0) is 13.1 Å². The maximum atomic E-state index is 11.9. The highest BCUT2D eigenvalue weighted by Crippen LogP contribution is 2.09. The van der Waals surface area contributed by atoms with Gasteiger partial charge in [0.2, 0.25) is 5.88 Å². The molecule has 0 unspecified atom stereocenters. The standard InChI is InChI=1S/C13H16N4O2/c1-3-17-7-6-15-12(13(17)18)16-9-10-4-5-14-11(8-10)19-2/h4-8H,3,9H2,1-2H3,(H,15,16). The van der Waals surface area contributed by atoms with Crippen molar-refractivity contribution in [3.05, 3.63) is 46.6 Å². The molecule has 2 aromatic rings. The molecular formula is C13H16N4O2. The SMILES string of the molecule is CCn1ccnc(NCc2ccnc(OC)c2)c1=O. The van der Waals surface area contributed by atoms with Gasteiger partial charge in [0.1, 0.15) is 0 Å². The Balaban J connectivity index is 2.12. The van der Waals surface area contributed by atoms with E-state index < -0.39 is 0 Å². The number of anilines is 1. The van der Waals surface area contributed by atoms with Crippen LogP contribution in [0.15, 0.2) is 35.5 Å². The zero-order valence-corrected chi connectivity index (χ0v) is 11.0. The third-order valence-electron chi connectivity index (χ3n) is 2.72. The molecule has 0 aliphatic heterocycles. The van der Waals surface area contributed by atoms with E-state index in [1.807, 2.05) is 19.1 Å². The Hall–Kier alpha value is -2.37. The summed E-state index contributed by atoms with van der Waals surface area (Å²) in [5, 5.41) is 3.03. The van der Waals surface area contributed by atoms with Crippen LogP contribution in [0.3, 0.4) is 0 Å². The average molecular weight is 260 g/mol. The Labute approximate surface area is 111 Å². The number of nitrogens with one attached hydrogen (secondary N) is 1. The van der Waals surface area contributed by atoms with Crippen molar-refractivity contribution in [2.24, 2.45) is 0 Å². The summed E-state index contributed by atoms with van der Waals surface area (Å²) in [5.74, 6) is 0.895. The summed E-state index contributed by atoms with van der Waals surface area (Å²) in [7, 11) is 1.57. The molecule has 0 radical (unpaired) electrons. The van der Waals surface area contributed by atoms with Gasteiger partial charge in [0.25, 0.3) is 5.56 Å². The van der Waals surface area contributed by atoms with Gasteiger partial charge in [0.15, 0.2) is 5.82 Å². The van der Waals surface area contributed by atoms with E-state index in [1.54, 1.807) is 30.3 Å². The molecule has 0 aliphatic rings. The molecule has 0 saturated heterocycles. The summed E-state index contributed by atoms with van der Waals surface area (Å²) in [4.78, 5) is 20.0. The van der Waals surface area contributed by atoms with Crippen molar-refractivity contribution in [1.82, 2.24) is 14.5 Å². The first-order valence-electron chi connectivity index (χ1n) is 6.03. The smallest absolute Gasteiger partial charge is 0.293 e. The summed E-state index contributed by atoms with van der Waals surface area (Å²) in [6.07, 6.45) is 4.95. The largest absolute Gasteiger partial charge is 0.481 e. The van der Waals surface area contributed by atoms with Crippen LogP contribution in [0.2, 0.25) is 0 Å². The zero-order valence-electron chi connectivity index (χ0n) is 11.0. The summed E-state index contributed by atoms with van der Waals surface area (Å²) < 4.78 is 6.65. The number of pyridine rings is 1. The summed E-state index contributed by atoms with van der Waals surface area (Å²) in [5.41, 5.74) is 0.853. The van der Waals surface area contributed by atoms with Crippen molar-refractivity contribution in [2.75, 3.05) is 12.4 Å². The molecule has 0 saturated carbocycles. The van der Waals surface area contributed by atoms with E-state index in [0.29, 0.717) is 24.8 Å². The van der Waals surface area contributed by atoms with Gasteiger partial charge in [0, 0.05) is 37.7 Å². The number of nitrogens with zero attached hydrogens (tertiary/aromatic N) is 3. The third kappa shape index (κ3) is 3.09. The molecule has 0 spiro atoms. The maximum Gasteiger partial charge on any atom is 0.293 e. The second-order valence-electron chi connectivity index (χ2n) is 3.93. The molecule has 2 aromatic heterocycles. The molecule has 0 amide bonds. The van der Waals surface area contributed by atoms with Gasteiger partial charge in [0.05, 0.1) is 7.11 Å². The van der Waals surface area contributed by atoms with Crippen LogP contribution in [0.25, 0.3) is 0 Å². The third-order valence-corrected chi connectivity index (χ3v) is 2.72. The van der Waals surface area contributed by atoms with E-state index in [1.165, 1.54) is 0 Å². The quantitative estimate of drug-likeness (QED) is 0.877. The zero-order chi connectivity index (χ0) is 13.7. The molecular weight excluding hydrogens is 244 g/mol. The van der Waals surface area contributed by atoms with Crippen molar-refractivity contribution in [3.8, 4) is 5.88 Å². The molecule has 0 atom stereocenters. The number of rotatable bonds is 5. The Bertz CT molecular complexity index is 610. The molecule has 6 nitrogen and oxygen atoms in total. The van der Waals surface area contributed by atoms with E-state index in [0.717, 1.165) is 5.56 Å². The molecule has 2 rings (SSSR count). The molecule has 0 aliphatic carbocycles. The lowest BCUT2D eigenvalue weighted by Gasteiger charge is -2.08. The van der Waals surface area contributed by atoms with Crippen LogP contribution < -0.4 is 15.6 Å². The first-order chi connectivity index (χ1) is 9.24. The van der Waals surface area contributed by atoms with Crippen molar-refractivity contribution in [1.29, 1.82) is 0 Å². The van der Waals surface area contributed by atoms with E-state index in [2.05, 4.69) is 15.3 Å². The fourth-order valence-corrected chi connectivity index (χ4v) is 1.68. The monoisotopic (exact) mass is 260 g/mol. The minimum atomic E-state index is -0.119. The van der Waals surface area contributed by atoms with Crippen LogP contribution in [0.4, 0.5) is 5.82 Å². The molecule has 2 heterocycles. The number of hydrogen-bond donors (Lipinski definition) is 1. The predicted molar refractivity (Wildman–Crippen MR) is 72.3 cm³/mol. The fourth-order valence-electron chi connectivity index (χ4n) is 1.68. The van der Waals surface area contributed by atoms with Crippen molar-refractivity contribution in [2.45, 2.75) is 20.0 Å². The first-order valence-corrected chi connectivity index (χ1v) is 6.03. The van der Waals surface area contributed by atoms with Gasteiger partial charge in [-0.1, -0.05) is 0 Å². The Morgan fingerprint density at radius 3 is 2.95 bits per heavy atom. The van der Waals surface area contributed by atoms with Crippen molar-refractivity contribution >= 4 is 5.82 Å². The summed E-state index contributed by atoms with van der Waals surface area (Å²) in [6, 6.07) is 3.67. The predicted octanol–water partition coefficient (Wildman–Crippen LogP) is 1.28. The molecule has 0 bridgehead atoms. The number of methoxy groups -OCH3 is 1. The first kappa shape index (κ1) is 13.1. The number of aryl methyl sites for hydroxylation is 1. The van der Waals surface area contributed by atoms with E-state index in [-0.39, 0.29) is 5.56 Å². The van der Waals surface area contributed by atoms with Gasteiger partial charge in [-0.25, -0.2) is 9.97 Å². The normalized spacial score (nSPS) is 10.2. The van der Waals surface area contributed by atoms with Crippen LogP contribution in [0.5, 0.6) is 5.88 Å². The van der Waals surface area contributed by atoms with Gasteiger partial charge in [-0.2, -0.15) is 0 Å². The highest BCUT2D eigenvalue weighted by atomic mass is 16.5. The highest BCUT2D eigenvalue weighted by Gasteiger charge is 2.03. The lowest BCUT2D eigenvalue weighted by atomic mass is 10.2. The second kappa shape index (κ2) is 5.99. The molecule has 6 heteroatoms. The van der Waals surface area contributed by atoms with Gasteiger partial charge in [-0.05, 0) is 18.6 Å². The molecule has 0 aromatic carbocycles. The molecule has 1 N–H and O–H groups in total. The Morgan fingerprint density at radius 2 is 2.21 bits per heavy atom. The molecule has 19 heavy (non-hydrogen) atoms. The van der Waals surface area contributed by atoms with E-state index in [9.17, 15) is 4.79 Å². The fraction of sp³-hybridized carbons (Fsp3) is 0.308. The van der Waals surface area contributed by atoms with Crippen LogP contribution in [0, 0.1) is 0 Å². The molecule has 100 valence electrons. The highest BCUT2D eigenvalue weighted by molar-refractivity contribution is 5.33. The minimum Gasteiger partial charge on any atom is -0.481 e. The van der Waals surface area contributed by atoms with Crippen LogP contribution in [-0.4, -0.2) is 21.6 Å². The molecule has 0 fully saturated rings. The van der Waals surface area contributed by atoms with Crippen LogP contribution >= 0.6 is 0 Å².